The molecule has 0 aliphatic carbocycles. The predicted molar refractivity (Wildman–Crippen MR) is 86.9 cm³/mol. The number of benzene rings is 1. The van der Waals surface area contributed by atoms with Crippen molar-refractivity contribution in [3.05, 3.63) is 35.6 Å². The SMILES string of the molecule is CC(c1cccc(F)c1)N1CCC(N(C)CC(=O)O)CC1.Cl. The van der Waals surface area contributed by atoms with E-state index < -0.39 is 5.97 Å². The number of hydrogen-bond donors (Lipinski definition) is 1. The maximum absolute atomic E-state index is 13.3. The Morgan fingerprint density at radius 3 is 2.64 bits per heavy atom. The van der Waals surface area contributed by atoms with Gasteiger partial charge in [0.1, 0.15) is 5.82 Å². The van der Waals surface area contributed by atoms with Gasteiger partial charge in [0.15, 0.2) is 0 Å². The fourth-order valence-corrected chi connectivity index (χ4v) is 3.03. The molecular weight excluding hydrogens is 307 g/mol. The number of likely N-dealkylation sites (N-methyl/N-ethyl adjacent to an activating group) is 1. The van der Waals surface area contributed by atoms with Crippen LogP contribution in [0.5, 0.6) is 0 Å². The number of carboxylic acid groups (broad SMARTS) is 1. The van der Waals surface area contributed by atoms with Crippen molar-refractivity contribution in [2.75, 3.05) is 26.7 Å². The summed E-state index contributed by atoms with van der Waals surface area (Å²) in [6.07, 6.45) is 1.90. The molecule has 0 radical (unpaired) electrons. The molecule has 1 heterocycles. The molecule has 1 atom stereocenters. The van der Waals surface area contributed by atoms with Crippen LogP contribution in [0.1, 0.15) is 31.4 Å². The minimum Gasteiger partial charge on any atom is -0.480 e. The second-order valence-electron chi connectivity index (χ2n) is 5.81. The lowest BCUT2D eigenvalue weighted by atomic mass is 9.99. The van der Waals surface area contributed by atoms with E-state index in [9.17, 15) is 9.18 Å². The van der Waals surface area contributed by atoms with Crippen LogP contribution in [-0.4, -0.2) is 53.6 Å². The van der Waals surface area contributed by atoms with Crippen LogP contribution >= 0.6 is 12.4 Å². The number of likely N-dealkylation sites (tertiary alicyclic amines) is 1. The van der Waals surface area contributed by atoms with E-state index in [2.05, 4.69) is 11.8 Å². The Kier molecular flexibility index (Phi) is 7.26. The number of carboxylic acids is 1. The minimum atomic E-state index is -0.784. The number of halogens is 2. The van der Waals surface area contributed by atoms with Gasteiger partial charge in [-0.1, -0.05) is 12.1 Å². The largest absolute Gasteiger partial charge is 0.480 e. The maximum atomic E-state index is 13.3. The van der Waals surface area contributed by atoms with Crippen molar-refractivity contribution in [1.82, 2.24) is 9.80 Å². The molecular formula is C16H24ClFN2O2. The maximum Gasteiger partial charge on any atom is 0.317 e. The van der Waals surface area contributed by atoms with E-state index >= 15 is 0 Å². The van der Waals surface area contributed by atoms with Gasteiger partial charge in [0, 0.05) is 25.2 Å². The lowest BCUT2D eigenvalue weighted by Crippen LogP contribution is -2.45. The zero-order valence-electron chi connectivity index (χ0n) is 13.0. The third-order valence-electron chi connectivity index (χ3n) is 4.39. The molecule has 6 heteroatoms. The van der Waals surface area contributed by atoms with Crippen molar-refractivity contribution < 1.29 is 14.3 Å². The standard InChI is InChI=1S/C16H23FN2O2.ClH/c1-12(13-4-3-5-14(17)10-13)19-8-6-15(7-9-19)18(2)11-16(20)21;/h3-5,10,12,15H,6-9,11H2,1-2H3,(H,20,21);1H. The molecule has 0 saturated carbocycles. The topological polar surface area (TPSA) is 43.8 Å². The highest BCUT2D eigenvalue weighted by atomic mass is 35.5. The average molecular weight is 331 g/mol. The molecule has 1 aromatic carbocycles. The highest BCUT2D eigenvalue weighted by Gasteiger charge is 2.26. The van der Waals surface area contributed by atoms with Crippen LogP contribution in [0, 0.1) is 5.82 Å². The molecule has 2 rings (SSSR count). The van der Waals surface area contributed by atoms with Gasteiger partial charge in [0.25, 0.3) is 0 Å². The first-order valence-electron chi connectivity index (χ1n) is 7.39. The highest BCUT2D eigenvalue weighted by Crippen LogP contribution is 2.25. The Morgan fingerprint density at radius 1 is 1.45 bits per heavy atom. The van der Waals surface area contributed by atoms with Gasteiger partial charge in [-0.3, -0.25) is 14.6 Å². The zero-order valence-corrected chi connectivity index (χ0v) is 13.9. The number of rotatable bonds is 5. The second kappa shape index (κ2) is 8.46. The molecule has 22 heavy (non-hydrogen) atoms. The number of aliphatic carboxylic acids is 1. The smallest absolute Gasteiger partial charge is 0.317 e. The van der Waals surface area contributed by atoms with Crippen molar-refractivity contribution in [2.45, 2.75) is 31.8 Å². The quantitative estimate of drug-likeness (QED) is 0.901. The van der Waals surface area contributed by atoms with Gasteiger partial charge >= 0.3 is 5.97 Å². The third kappa shape index (κ3) is 4.93. The van der Waals surface area contributed by atoms with Crippen LogP contribution in [0.15, 0.2) is 24.3 Å². The van der Waals surface area contributed by atoms with Crippen molar-refractivity contribution in [1.29, 1.82) is 0 Å². The van der Waals surface area contributed by atoms with Crippen LogP contribution in [0.4, 0.5) is 4.39 Å². The van der Waals surface area contributed by atoms with E-state index in [1.807, 2.05) is 18.0 Å². The summed E-state index contributed by atoms with van der Waals surface area (Å²) in [7, 11) is 1.87. The normalized spacial score (nSPS) is 18.0. The van der Waals surface area contributed by atoms with E-state index in [-0.39, 0.29) is 30.8 Å². The van der Waals surface area contributed by atoms with Gasteiger partial charge < -0.3 is 5.11 Å². The van der Waals surface area contributed by atoms with Gasteiger partial charge in [0.2, 0.25) is 0 Å². The summed E-state index contributed by atoms with van der Waals surface area (Å²) >= 11 is 0. The van der Waals surface area contributed by atoms with Crippen molar-refractivity contribution in [3.63, 3.8) is 0 Å². The molecule has 1 fully saturated rings. The molecule has 1 N–H and O–H groups in total. The van der Waals surface area contributed by atoms with Crippen LogP contribution in [-0.2, 0) is 4.79 Å². The third-order valence-corrected chi connectivity index (χ3v) is 4.39. The molecule has 1 aliphatic heterocycles. The fraction of sp³-hybridized carbons (Fsp3) is 0.562. The number of carbonyl (C=O) groups is 1. The van der Waals surface area contributed by atoms with Crippen LogP contribution in [0.2, 0.25) is 0 Å². The lowest BCUT2D eigenvalue weighted by Gasteiger charge is -2.39. The van der Waals surface area contributed by atoms with Gasteiger partial charge in [-0.25, -0.2) is 4.39 Å². The van der Waals surface area contributed by atoms with E-state index in [4.69, 9.17) is 5.11 Å². The Morgan fingerprint density at radius 2 is 2.09 bits per heavy atom. The van der Waals surface area contributed by atoms with Crippen molar-refractivity contribution in [2.24, 2.45) is 0 Å². The summed E-state index contributed by atoms with van der Waals surface area (Å²) in [5.74, 6) is -0.983. The molecule has 1 aliphatic rings. The summed E-state index contributed by atoms with van der Waals surface area (Å²) in [5, 5.41) is 8.84. The van der Waals surface area contributed by atoms with Gasteiger partial charge in [0.05, 0.1) is 6.54 Å². The Balaban J connectivity index is 0.00000242. The summed E-state index contributed by atoms with van der Waals surface area (Å²) in [6.45, 7) is 4.00. The monoisotopic (exact) mass is 330 g/mol. The van der Waals surface area contributed by atoms with E-state index in [1.165, 1.54) is 6.07 Å². The number of hydrogen-bond acceptors (Lipinski definition) is 3. The van der Waals surface area contributed by atoms with Gasteiger partial charge in [-0.05, 0) is 44.5 Å². The zero-order chi connectivity index (χ0) is 15.4. The summed E-state index contributed by atoms with van der Waals surface area (Å²) < 4.78 is 13.3. The van der Waals surface area contributed by atoms with Crippen molar-refractivity contribution >= 4 is 18.4 Å². The number of piperidine rings is 1. The number of nitrogens with zero attached hydrogens (tertiary/aromatic N) is 2. The molecule has 0 amide bonds. The first-order chi connectivity index (χ1) is 9.97. The first kappa shape index (κ1) is 18.9. The summed E-state index contributed by atoms with van der Waals surface area (Å²) in [6, 6.07) is 7.25. The Labute approximate surface area is 137 Å². The summed E-state index contributed by atoms with van der Waals surface area (Å²) in [4.78, 5) is 15.0. The van der Waals surface area contributed by atoms with Crippen LogP contribution < -0.4 is 0 Å². The molecule has 0 aromatic heterocycles. The first-order valence-corrected chi connectivity index (χ1v) is 7.39. The van der Waals surface area contributed by atoms with Crippen LogP contribution in [0.25, 0.3) is 0 Å². The minimum absolute atomic E-state index is 0. The molecule has 1 aromatic rings. The predicted octanol–water partition coefficient (Wildman–Crippen LogP) is 2.79. The van der Waals surface area contributed by atoms with Crippen molar-refractivity contribution in [3.8, 4) is 0 Å². The molecule has 4 nitrogen and oxygen atoms in total. The molecule has 124 valence electrons. The van der Waals surface area contributed by atoms with Gasteiger partial charge in [-0.2, -0.15) is 0 Å². The molecule has 1 saturated heterocycles. The molecule has 0 bridgehead atoms. The highest BCUT2D eigenvalue weighted by molar-refractivity contribution is 5.85. The average Bonchev–Trinajstić information content (AvgIpc) is 2.46. The molecule has 1 unspecified atom stereocenters. The fourth-order valence-electron chi connectivity index (χ4n) is 3.03. The second-order valence-corrected chi connectivity index (χ2v) is 5.81. The summed E-state index contributed by atoms with van der Waals surface area (Å²) in [5.41, 5.74) is 0.993. The van der Waals surface area contributed by atoms with Crippen LogP contribution in [0.3, 0.4) is 0 Å². The van der Waals surface area contributed by atoms with E-state index in [0.29, 0.717) is 6.04 Å². The molecule has 0 spiro atoms. The van der Waals surface area contributed by atoms with Gasteiger partial charge in [-0.15, -0.1) is 12.4 Å². The Bertz CT molecular complexity index is 493. The van der Waals surface area contributed by atoms with E-state index in [0.717, 1.165) is 31.5 Å². The van der Waals surface area contributed by atoms with E-state index in [1.54, 1.807) is 12.1 Å². The Hall–Kier alpha value is -1.17. The lowest BCUT2D eigenvalue weighted by molar-refractivity contribution is -0.138.